The molecule has 1 aliphatic heterocycles. The number of hydrogen-bond acceptors (Lipinski definition) is 3. The topological polar surface area (TPSA) is 44.0 Å². The highest BCUT2D eigenvalue weighted by molar-refractivity contribution is 6.30. The van der Waals surface area contributed by atoms with E-state index in [2.05, 4.69) is 22.1 Å². The Morgan fingerprint density at radius 2 is 2.10 bits per heavy atom. The standard InChI is InChI=1S/C15H19ClN4/c1-11-14(10-20-7-5-17-6-8-20)19-15(18-11)12-3-2-4-13(16)9-12/h2-4,9,17H,5-8,10H2,1H3,(H,18,19). The molecule has 2 N–H and O–H groups in total. The van der Waals surface area contributed by atoms with Gasteiger partial charge in [0.15, 0.2) is 0 Å². The van der Waals surface area contributed by atoms with Gasteiger partial charge in [-0.3, -0.25) is 4.90 Å². The van der Waals surface area contributed by atoms with Crippen LogP contribution in [0.4, 0.5) is 0 Å². The molecule has 1 aromatic heterocycles. The summed E-state index contributed by atoms with van der Waals surface area (Å²) in [7, 11) is 0. The van der Waals surface area contributed by atoms with Crippen LogP contribution in [-0.4, -0.2) is 41.0 Å². The van der Waals surface area contributed by atoms with E-state index in [1.807, 2.05) is 24.3 Å². The van der Waals surface area contributed by atoms with Gasteiger partial charge in [0, 0.05) is 49.0 Å². The summed E-state index contributed by atoms with van der Waals surface area (Å²) in [4.78, 5) is 10.5. The van der Waals surface area contributed by atoms with Crippen LogP contribution in [-0.2, 0) is 6.54 Å². The minimum absolute atomic E-state index is 0.736. The maximum atomic E-state index is 6.04. The summed E-state index contributed by atoms with van der Waals surface area (Å²) in [6, 6.07) is 7.79. The summed E-state index contributed by atoms with van der Waals surface area (Å²) in [6.07, 6.45) is 0. The third kappa shape index (κ3) is 3.03. The van der Waals surface area contributed by atoms with Crippen molar-refractivity contribution in [2.75, 3.05) is 26.2 Å². The molecule has 1 aliphatic rings. The van der Waals surface area contributed by atoms with Crippen molar-refractivity contribution in [1.29, 1.82) is 0 Å². The second-order valence-corrected chi connectivity index (χ2v) is 5.63. The zero-order chi connectivity index (χ0) is 13.9. The molecule has 4 nitrogen and oxygen atoms in total. The number of benzene rings is 1. The number of imidazole rings is 1. The zero-order valence-corrected chi connectivity index (χ0v) is 12.4. The van der Waals surface area contributed by atoms with Gasteiger partial charge in [-0.25, -0.2) is 4.98 Å². The van der Waals surface area contributed by atoms with E-state index in [1.54, 1.807) is 0 Å². The first-order chi connectivity index (χ1) is 9.72. The Bertz CT molecular complexity index is 587. The van der Waals surface area contributed by atoms with Gasteiger partial charge in [-0.05, 0) is 19.1 Å². The number of H-pyrrole nitrogens is 1. The summed E-state index contributed by atoms with van der Waals surface area (Å²) in [5.41, 5.74) is 3.30. The van der Waals surface area contributed by atoms with Crippen molar-refractivity contribution in [2.45, 2.75) is 13.5 Å². The molecule has 0 spiro atoms. The maximum Gasteiger partial charge on any atom is 0.137 e. The van der Waals surface area contributed by atoms with Crippen LogP contribution in [0.25, 0.3) is 11.4 Å². The number of piperazine rings is 1. The molecule has 1 saturated heterocycles. The number of rotatable bonds is 3. The molecule has 1 fully saturated rings. The summed E-state index contributed by atoms with van der Waals surface area (Å²) < 4.78 is 0. The first-order valence-electron chi connectivity index (χ1n) is 6.97. The fourth-order valence-corrected chi connectivity index (χ4v) is 2.69. The van der Waals surface area contributed by atoms with Crippen molar-refractivity contribution in [2.24, 2.45) is 0 Å². The highest BCUT2D eigenvalue weighted by atomic mass is 35.5. The number of halogens is 1. The minimum atomic E-state index is 0.736. The minimum Gasteiger partial charge on any atom is -0.342 e. The Labute approximate surface area is 124 Å². The van der Waals surface area contributed by atoms with E-state index in [4.69, 9.17) is 16.6 Å². The Hall–Kier alpha value is -1.36. The van der Waals surface area contributed by atoms with E-state index in [0.717, 1.165) is 60.5 Å². The molecule has 20 heavy (non-hydrogen) atoms. The lowest BCUT2D eigenvalue weighted by molar-refractivity contribution is 0.230. The predicted octanol–water partition coefficient (Wildman–Crippen LogP) is 2.44. The van der Waals surface area contributed by atoms with Gasteiger partial charge in [0.05, 0.1) is 5.69 Å². The van der Waals surface area contributed by atoms with Crippen molar-refractivity contribution in [1.82, 2.24) is 20.2 Å². The fraction of sp³-hybridized carbons (Fsp3) is 0.400. The quantitative estimate of drug-likeness (QED) is 0.912. The number of aryl methyl sites for hydroxylation is 1. The van der Waals surface area contributed by atoms with E-state index in [9.17, 15) is 0 Å². The monoisotopic (exact) mass is 290 g/mol. The van der Waals surface area contributed by atoms with Crippen LogP contribution in [0.1, 0.15) is 11.4 Å². The maximum absolute atomic E-state index is 6.04. The van der Waals surface area contributed by atoms with Crippen LogP contribution in [0.15, 0.2) is 24.3 Å². The van der Waals surface area contributed by atoms with Crippen LogP contribution in [0.2, 0.25) is 5.02 Å². The molecule has 1 aromatic carbocycles. The lowest BCUT2D eigenvalue weighted by Gasteiger charge is -2.26. The van der Waals surface area contributed by atoms with Gasteiger partial charge in [-0.15, -0.1) is 0 Å². The zero-order valence-electron chi connectivity index (χ0n) is 11.6. The van der Waals surface area contributed by atoms with Gasteiger partial charge in [0.25, 0.3) is 0 Å². The van der Waals surface area contributed by atoms with E-state index >= 15 is 0 Å². The number of nitrogens with one attached hydrogen (secondary N) is 2. The summed E-state index contributed by atoms with van der Waals surface area (Å²) in [5, 5.41) is 4.10. The lowest BCUT2D eigenvalue weighted by Crippen LogP contribution is -2.43. The van der Waals surface area contributed by atoms with Gasteiger partial charge in [-0.1, -0.05) is 23.7 Å². The highest BCUT2D eigenvalue weighted by Gasteiger charge is 2.14. The van der Waals surface area contributed by atoms with Crippen LogP contribution in [0.3, 0.4) is 0 Å². The van der Waals surface area contributed by atoms with Gasteiger partial charge in [-0.2, -0.15) is 0 Å². The molecular formula is C15H19ClN4. The van der Waals surface area contributed by atoms with Crippen LogP contribution in [0, 0.1) is 6.92 Å². The smallest absolute Gasteiger partial charge is 0.137 e. The Kier molecular flexibility index (Phi) is 4.05. The summed E-state index contributed by atoms with van der Waals surface area (Å²) in [5.74, 6) is 0.898. The van der Waals surface area contributed by atoms with Crippen LogP contribution in [0.5, 0.6) is 0 Å². The average Bonchev–Trinajstić information content (AvgIpc) is 2.81. The molecule has 0 atom stereocenters. The van der Waals surface area contributed by atoms with Gasteiger partial charge >= 0.3 is 0 Å². The molecule has 0 unspecified atom stereocenters. The normalized spacial score (nSPS) is 16.5. The molecule has 0 bridgehead atoms. The van der Waals surface area contributed by atoms with E-state index in [0.29, 0.717) is 0 Å². The first-order valence-corrected chi connectivity index (χ1v) is 7.34. The molecule has 3 rings (SSSR count). The Morgan fingerprint density at radius 1 is 1.30 bits per heavy atom. The second kappa shape index (κ2) is 5.95. The van der Waals surface area contributed by atoms with Gasteiger partial charge in [0.2, 0.25) is 0 Å². The molecular weight excluding hydrogens is 272 g/mol. The highest BCUT2D eigenvalue weighted by Crippen LogP contribution is 2.22. The molecule has 2 aromatic rings. The number of aromatic amines is 1. The van der Waals surface area contributed by atoms with Crippen molar-refractivity contribution in [3.63, 3.8) is 0 Å². The first kappa shape index (κ1) is 13.6. The molecule has 2 heterocycles. The molecule has 0 saturated carbocycles. The predicted molar refractivity (Wildman–Crippen MR) is 81.9 cm³/mol. The number of hydrogen-bond donors (Lipinski definition) is 2. The number of nitrogens with zero attached hydrogens (tertiary/aromatic N) is 2. The average molecular weight is 291 g/mol. The third-order valence-electron chi connectivity index (χ3n) is 3.67. The van der Waals surface area contributed by atoms with Crippen molar-refractivity contribution in [3.8, 4) is 11.4 Å². The summed E-state index contributed by atoms with van der Waals surface area (Å²) in [6.45, 7) is 7.27. The third-order valence-corrected chi connectivity index (χ3v) is 3.90. The molecule has 0 amide bonds. The molecule has 106 valence electrons. The Morgan fingerprint density at radius 3 is 2.85 bits per heavy atom. The van der Waals surface area contributed by atoms with Gasteiger partial charge in [0.1, 0.15) is 5.82 Å². The van der Waals surface area contributed by atoms with E-state index in [-0.39, 0.29) is 0 Å². The Balaban J connectivity index is 1.80. The number of aromatic nitrogens is 2. The summed E-state index contributed by atoms with van der Waals surface area (Å²) >= 11 is 6.04. The lowest BCUT2D eigenvalue weighted by atomic mass is 10.2. The van der Waals surface area contributed by atoms with Crippen molar-refractivity contribution in [3.05, 3.63) is 40.7 Å². The molecule has 0 aliphatic carbocycles. The van der Waals surface area contributed by atoms with E-state index in [1.165, 1.54) is 0 Å². The molecule has 0 radical (unpaired) electrons. The van der Waals surface area contributed by atoms with Crippen LogP contribution >= 0.6 is 11.6 Å². The second-order valence-electron chi connectivity index (χ2n) is 5.19. The van der Waals surface area contributed by atoms with Crippen molar-refractivity contribution >= 4 is 11.6 Å². The largest absolute Gasteiger partial charge is 0.342 e. The van der Waals surface area contributed by atoms with E-state index < -0.39 is 0 Å². The van der Waals surface area contributed by atoms with Crippen LogP contribution < -0.4 is 5.32 Å². The van der Waals surface area contributed by atoms with Crippen molar-refractivity contribution < 1.29 is 0 Å². The molecule has 5 heteroatoms. The SMILES string of the molecule is Cc1[nH]c(-c2cccc(Cl)c2)nc1CN1CCNCC1. The van der Waals surface area contributed by atoms with Gasteiger partial charge < -0.3 is 10.3 Å². The fourth-order valence-electron chi connectivity index (χ4n) is 2.50.